The molecule has 2 fully saturated rings. The van der Waals surface area contributed by atoms with Gasteiger partial charge in [-0.1, -0.05) is 0 Å². The van der Waals surface area contributed by atoms with E-state index in [9.17, 15) is 4.79 Å². The van der Waals surface area contributed by atoms with E-state index in [4.69, 9.17) is 4.74 Å². The van der Waals surface area contributed by atoms with E-state index in [2.05, 4.69) is 9.88 Å². The lowest BCUT2D eigenvalue weighted by atomic mass is 10.2. The van der Waals surface area contributed by atoms with Gasteiger partial charge in [-0.15, -0.1) is 11.3 Å². The van der Waals surface area contributed by atoms with Crippen molar-refractivity contribution in [1.82, 2.24) is 14.8 Å². The Kier molecular flexibility index (Phi) is 4.78. The predicted octanol–water partition coefficient (Wildman–Crippen LogP) is 2.62. The highest BCUT2D eigenvalue weighted by atomic mass is 32.1. The summed E-state index contributed by atoms with van der Waals surface area (Å²) in [5.74, 6) is 0.143. The Bertz CT molecular complexity index is 711. The molecule has 0 bridgehead atoms. The summed E-state index contributed by atoms with van der Waals surface area (Å²) in [5.41, 5.74) is 3.57. The van der Waals surface area contributed by atoms with Crippen molar-refractivity contribution in [2.45, 2.75) is 25.4 Å². The molecular weight excluding hydrogens is 322 g/mol. The van der Waals surface area contributed by atoms with Gasteiger partial charge in [0.1, 0.15) is 0 Å². The first-order chi connectivity index (χ1) is 11.8. The maximum Gasteiger partial charge on any atom is 0.253 e. The molecule has 0 aliphatic carbocycles. The molecule has 3 heterocycles. The molecule has 0 spiro atoms. The van der Waals surface area contributed by atoms with Gasteiger partial charge in [0.05, 0.1) is 21.8 Å². The summed E-state index contributed by atoms with van der Waals surface area (Å²) in [6.07, 6.45) is 3.78. The van der Waals surface area contributed by atoms with E-state index in [1.165, 1.54) is 12.8 Å². The Hall–Kier alpha value is -1.50. The van der Waals surface area contributed by atoms with Gasteiger partial charge in [0.2, 0.25) is 0 Å². The van der Waals surface area contributed by atoms with E-state index >= 15 is 0 Å². The molecule has 0 N–H and O–H groups in total. The van der Waals surface area contributed by atoms with Crippen LogP contribution in [-0.4, -0.2) is 66.1 Å². The maximum absolute atomic E-state index is 12.8. The summed E-state index contributed by atoms with van der Waals surface area (Å²) >= 11 is 1.58. The highest BCUT2D eigenvalue weighted by molar-refractivity contribution is 7.16. The second-order valence-corrected chi connectivity index (χ2v) is 7.50. The zero-order chi connectivity index (χ0) is 16.4. The topological polar surface area (TPSA) is 45.7 Å². The van der Waals surface area contributed by atoms with Crippen molar-refractivity contribution in [3.8, 4) is 0 Å². The number of hydrogen-bond acceptors (Lipinski definition) is 5. The van der Waals surface area contributed by atoms with Crippen molar-refractivity contribution in [3.63, 3.8) is 0 Å². The van der Waals surface area contributed by atoms with E-state index in [1.54, 1.807) is 11.3 Å². The van der Waals surface area contributed by atoms with E-state index in [0.717, 1.165) is 61.5 Å². The number of nitrogens with zero attached hydrogens (tertiary/aromatic N) is 3. The zero-order valence-electron chi connectivity index (χ0n) is 13.8. The molecule has 0 radical (unpaired) electrons. The highest BCUT2D eigenvalue weighted by Crippen LogP contribution is 2.21. The van der Waals surface area contributed by atoms with E-state index < -0.39 is 0 Å². The van der Waals surface area contributed by atoms with Gasteiger partial charge in [0.15, 0.2) is 0 Å². The first-order valence-electron chi connectivity index (χ1n) is 8.76. The van der Waals surface area contributed by atoms with Crippen LogP contribution in [0.2, 0.25) is 0 Å². The normalized spacial score (nSPS) is 22.8. The molecule has 6 heteroatoms. The number of aromatic nitrogens is 1. The van der Waals surface area contributed by atoms with Gasteiger partial charge >= 0.3 is 0 Å². The van der Waals surface area contributed by atoms with Gasteiger partial charge < -0.3 is 9.64 Å². The summed E-state index contributed by atoms with van der Waals surface area (Å²) in [4.78, 5) is 21.6. The Labute approximate surface area is 146 Å². The third kappa shape index (κ3) is 3.45. The van der Waals surface area contributed by atoms with Crippen LogP contribution in [0.15, 0.2) is 23.7 Å². The summed E-state index contributed by atoms with van der Waals surface area (Å²) in [6.45, 7) is 5.54. The van der Waals surface area contributed by atoms with Gasteiger partial charge in [0, 0.05) is 38.3 Å². The largest absolute Gasteiger partial charge is 0.377 e. The summed E-state index contributed by atoms with van der Waals surface area (Å²) < 4.78 is 6.83. The monoisotopic (exact) mass is 345 g/mol. The fourth-order valence-electron chi connectivity index (χ4n) is 3.60. The fraction of sp³-hybridized carbons (Fsp3) is 0.556. The Morgan fingerprint density at radius 2 is 2.21 bits per heavy atom. The minimum absolute atomic E-state index is 0.143. The molecular formula is C18H23N3O2S. The van der Waals surface area contributed by atoms with Crippen molar-refractivity contribution >= 4 is 27.5 Å². The third-order valence-electron chi connectivity index (χ3n) is 4.94. The van der Waals surface area contributed by atoms with Crippen molar-refractivity contribution in [2.24, 2.45) is 0 Å². The van der Waals surface area contributed by atoms with Crippen LogP contribution in [0.3, 0.4) is 0 Å². The number of thiazole rings is 1. The Morgan fingerprint density at radius 1 is 1.25 bits per heavy atom. The summed E-state index contributed by atoms with van der Waals surface area (Å²) in [5, 5.41) is 0. The minimum Gasteiger partial charge on any atom is -0.377 e. The second-order valence-electron chi connectivity index (χ2n) is 6.62. The second kappa shape index (κ2) is 7.17. The van der Waals surface area contributed by atoms with Crippen molar-refractivity contribution < 1.29 is 9.53 Å². The third-order valence-corrected chi connectivity index (χ3v) is 5.73. The van der Waals surface area contributed by atoms with Crippen LogP contribution in [0, 0.1) is 0 Å². The number of carbonyl (C=O) groups is 1. The molecule has 4 rings (SSSR count). The van der Waals surface area contributed by atoms with Crippen LogP contribution in [-0.2, 0) is 4.74 Å². The molecule has 24 heavy (non-hydrogen) atoms. The Morgan fingerprint density at radius 3 is 3.08 bits per heavy atom. The molecule has 1 amide bonds. The number of carbonyl (C=O) groups excluding carboxylic acids is 1. The van der Waals surface area contributed by atoms with E-state index in [-0.39, 0.29) is 5.91 Å². The van der Waals surface area contributed by atoms with Crippen LogP contribution in [0.25, 0.3) is 10.2 Å². The molecule has 128 valence electrons. The van der Waals surface area contributed by atoms with Gasteiger partial charge in [0.25, 0.3) is 5.91 Å². The first kappa shape index (κ1) is 16.0. The lowest BCUT2D eigenvalue weighted by molar-refractivity contribution is 0.0704. The van der Waals surface area contributed by atoms with E-state index in [1.807, 2.05) is 28.6 Å². The molecule has 2 aliphatic heterocycles. The lowest BCUT2D eigenvalue weighted by Crippen LogP contribution is -2.37. The van der Waals surface area contributed by atoms with Crippen molar-refractivity contribution in [1.29, 1.82) is 0 Å². The fourth-order valence-corrected chi connectivity index (χ4v) is 4.32. The average molecular weight is 345 g/mol. The van der Waals surface area contributed by atoms with Gasteiger partial charge in [-0.25, -0.2) is 4.98 Å². The standard InChI is InChI=1S/C18H23N3O2S/c22-18(14-4-5-16-17(11-14)24-13-19-16)21-7-2-6-20(8-9-21)12-15-3-1-10-23-15/h4-5,11,13,15H,1-3,6-10,12H2. The van der Waals surface area contributed by atoms with Gasteiger partial charge in [-0.3, -0.25) is 9.69 Å². The number of hydrogen-bond donors (Lipinski definition) is 0. The highest BCUT2D eigenvalue weighted by Gasteiger charge is 2.24. The van der Waals surface area contributed by atoms with Crippen molar-refractivity contribution in [2.75, 3.05) is 39.3 Å². The SMILES string of the molecule is O=C(c1ccc2ncsc2c1)N1CCCN(CC2CCCO2)CC1. The molecule has 1 aromatic heterocycles. The van der Waals surface area contributed by atoms with Crippen LogP contribution >= 0.6 is 11.3 Å². The molecule has 0 saturated carbocycles. The number of benzene rings is 1. The van der Waals surface area contributed by atoms with Crippen LogP contribution < -0.4 is 0 Å². The number of ether oxygens (including phenoxy) is 1. The van der Waals surface area contributed by atoms with Crippen LogP contribution in [0.4, 0.5) is 0 Å². The molecule has 1 unspecified atom stereocenters. The quantitative estimate of drug-likeness (QED) is 0.858. The predicted molar refractivity (Wildman–Crippen MR) is 95.6 cm³/mol. The van der Waals surface area contributed by atoms with Crippen LogP contribution in [0.1, 0.15) is 29.6 Å². The molecule has 5 nitrogen and oxygen atoms in total. The van der Waals surface area contributed by atoms with E-state index in [0.29, 0.717) is 6.10 Å². The minimum atomic E-state index is 0.143. The molecule has 1 aromatic carbocycles. The summed E-state index contributed by atoms with van der Waals surface area (Å²) in [7, 11) is 0. The van der Waals surface area contributed by atoms with Crippen LogP contribution in [0.5, 0.6) is 0 Å². The van der Waals surface area contributed by atoms with Gasteiger partial charge in [-0.05, 0) is 44.0 Å². The smallest absolute Gasteiger partial charge is 0.253 e. The number of rotatable bonds is 3. The number of fused-ring (bicyclic) bond motifs is 1. The Balaban J connectivity index is 1.39. The maximum atomic E-state index is 12.8. The molecule has 1 atom stereocenters. The average Bonchev–Trinajstić information content (AvgIpc) is 3.22. The molecule has 2 aliphatic rings. The molecule has 2 saturated heterocycles. The first-order valence-corrected chi connectivity index (χ1v) is 9.64. The number of amides is 1. The van der Waals surface area contributed by atoms with Crippen molar-refractivity contribution in [3.05, 3.63) is 29.3 Å². The zero-order valence-corrected chi connectivity index (χ0v) is 14.6. The molecule has 2 aromatic rings. The van der Waals surface area contributed by atoms with Gasteiger partial charge in [-0.2, -0.15) is 0 Å². The lowest BCUT2D eigenvalue weighted by Gasteiger charge is -2.24. The summed E-state index contributed by atoms with van der Waals surface area (Å²) in [6, 6.07) is 5.82.